The van der Waals surface area contributed by atoms with Gasteiger partial charge in [-0.05, 0) is 36.8 Å². The molecule has 1 aromatic rings. The summed E-state index contributed by atoms with van der Waals surface area (Å²) in [6, 6.07) is 10.3. The number of rotatable bonds is 8. The van der Waals surface area contributed by atoms with Crippen LogP contribution in [-0.2, 0) is 9.53 Å². The van der Waals surface area contributed by atoms with Gasteiger partial charge in [-0.25, -0.2) is 4.79 Å². The molecule has 114 valence electrons. The fourth-order valence-corrected chi connectivity index (χ4v) is 2.85. The van der Waals surface area contributed by atoms with Crippen LogP contribution in [0.15, 0.2) is 35.9 Å². The van der Waals surface area contributed by atoms with Crippen molar-refractivity contribution in [1.29, 1.82) is 0 Å². The van der Waals surface area contributed by atoms with Crippen LogP contribution in [0, 0.1) is 0 Å². The molecular weight excluding hydrogens is 260 g/mol. The second-order valence-electron chi connectivity index (χ2n) is 5.75. The molecular formula is C19H26O2. The summed E-state index contributed by atoms with van der Waals surface area (Å²) < 4.78 is 5.38. The zero-order valence-electron chi connectivity index (χ0n) is 13.2. The van der Waals surface area contributed by atoms with E-state index < -0.39 is 0 Å². The number of hydrogen-bond acceptors (Lipinski definition) is 2. The molecule has 0 spiro atoms. The molecule has 1 aliphatic rings. The number of esters is 1. The van der Waals surface area contributed by atoms with Crippen molar-refractivity contribution in [3.8, 4) is 0 Å². The van der Waals surface area contributed by atoms with E-state index in [0.717, 1.165) is 37.7 Å². The second-order valence-corrected chi connectivity index (χ2v) is 5.75. The highest BCUT2D eigenvalue weighted by Crippen LogP contribution is 2.35. The number of allylic oxidation sites excluding steroid dienone is 1. The number of benzene rings is 1. The van der Waals surface area contributed by atoms with Crippen molar-refractivity contribution in [2.24, 2.45) is 0 Å². The van der Waals surface area contributed by atoms with Gasteiger partial charge in [-0.3, -0.25) is 0 Å². The van der Waals surface area contributed by atoms with Gasteiger partial charge in [0.1, 0.15) is 6.10 Å². The number of ether oxygens (including phenoxy) is 1. The van der Waals surface area contributed by atoms with E-state index in [4.69, 9.17) is 4.74 Å². The van der Waals surface area contributed by atoms with Crippen molar-refractivity contribution in [1.82, 2.24) is 0 Å². The fourth-order valence-electron chi connectivity index (χ4n) is 2.85. The van der Waals surface area contributed by atoms with E-state index in [9.17, 15) is 4.79 Å². The molecule has 1 heterocycles. The van der Waals surface area contributed by atoms with Gasteiger partial charge in [0.15, 0.2) is 0 Å². The molecule has 1 atom stereocenters. The largest absolute Gasteiger partial charge is 0.454 e. The average molecular weight is 286 g/mol. The Balaban J connectivity index is 2.21. The van der Waals surface area contributed by atoms with E-state index in [1.165, 1.54) is 24.0 Å². The summed E-state index contributed by atoms with van der Waals surface area (Å²) in [6.07, 6.45) is 7.75. The van der Waals surface area contributed by atoms with Crippen molar-refractivity contribution in [2.75, 3.05) is 0 Å². The Labute approximate surface area is 128 Å². The molecule has 0 saturated carbocycles. The van der Waals surface area contributed by atoms with Crippen molar-refractivity contribution in [3.05, 3.63) is 41.5 Å². The summed E-state index contributed by atoms with van der Waals surface area (Å²) >= 11 is 0. The molecule has 1 saturated heterocycles. The molecule has 1 unspecified atom stereocenters. The van der Waals surface area contributed by atoms with Crippen LogP contribution in [0.1, 0.15) is 64.4 Å². The Morgan fingerprint density at radius 3 is 2.38 bits per heavy atom. The lowest BCUT2D eigenvalue weighted by Gasteiger charge is -2.32. The maximum absolute atomic E-state index is 12.0. The van der Waals surface area contributed by atoms with Crippen LogP contribution >= 0.6 is 0 Å². The van der Waals surface area contributed by atoms with E-state index in [-0.39, 0.29) is 12.1 Å². The van der Waals surface area contributed by atoms with E-state index >= 15 is 0 Å². The molecule has 21 heavy (non-hydrogen) atoms. The first-order chi connectivity index (χ1) is 10.3. The van der Waals surface area contributed by atoms with Gasteiger partial charge in [0, 0.05) is 0 Å². The van der Waals surface area contributed by atoms with E-state index in [1.54, 1.807) is 0 Å². The Morgan fingerprint density at radius 1 is 1.05 bits per heavy atom. The molecule has 0 N–H and O–H groups in total. The smallest absolute Gasteiger partial charge is 0.338 e. The standard InChI is InChI=1S/C19H26O2/c1-3-5-8-14-17-18(19(20)21-17)16(13-6-4-2)15-11-9-7-10-12-15/h7,9-12,17H,3-6,8,13-14H2,1-2H3/b18-16-. The van der Waals surface area contributed by atoms with E-state index in [0.29, 0.717) is 0 Å². The lowest BCUT2D eigenvalue weighted by molar-refractivity contribution is -0.156. The van der Waals surface area contributed by atoms with Gasteiger partial charge in [-0.15, -0.1) is 0 Å². The summed E-state index contributed by atoms with van der Waals surface area (Å²) in [6.45, 7) is 4.38. The molecule has 1 fully saturated rings. The van der Waals surface area contributed by atoms with Crippen molar-refractivity contribution in [3.63, 3.8) is 0 Å². The summed E-state index contributed by atoms with van der Waals surface area (Å²) in [5.74, 6) is -0.105. The predicted octanol–water partition coefficient (Wildman–Crippen LogP) is 5.14. The van der Waals surface area contributed by atoms with Gasteiger partial charge in [-0.1, -0.05) is 63.4 Å². The third-order valence-electron chi connectivity index (χ3n) is 4.09. The molecule has 2 rings (SSSR count). The molecule has 0 aromatic heterocycles. The Hall–Kier alpha value is -1.57. The van der Waals surface area contributed by atoms with Crippen LogP contribution in [0.3, 0.4) is 0 Å². The lowest BCUT2D eigenvalue weighted by Crippen LogP contribution is -2.37. The fraction of sp³-hybridized carbons (Fsp3) is 0.526. The van der Waals surface area contributed by atoms with Crippen LogP contribution in [0.5, 0.6) is 0 Å². The molecule has 0 radical (unpaired) electrons. The highest BCUT2D eigenvalue weighted by molar-refractivity contribution is 6.03. The normalized spacial score (nSPS) is 19.9. The minimum absolute atomic E-state index is 0.0242. The van der Waals surface area contributed by atoms with Gasteiger partial charge in [0.25, 0.3) is 0 Å². The Bertz CT molecular complexity index is 488. The third kappa shape index (κ3) is 3.96. The van der Waals surface area contributed by atoms with Crippen molar-refractivity contribution < 1.29 is 9.53 Å². The van der Waals surface area contributed by atoms with Crippen molar-refractivity contribution in [2.45, 2.75) is 64.9 Å². The number of cyclic esters (lactones) is 1. The maximum Gasteiger partial charge on any atom is 0.338 e. The molecule has 2 nitrogen and oxygen atoms in total. The van der Waals surface area contributed by atoms with Gasteiger partial charge in [-0.2, -0.15) is 0 Å². The minimum atomic E-state index is -0.105. The summed E-state index contributed by atoms with van der Waals surface area (Å²) in [4.78, 5) is 12.0. The first-order valence-electron chi connectivity index (χ1n) is 8.27. The van der Waals surface area contributed by atoms with Gasteiger partial charge in [0.05, 0.1) is 5.57 Å². The zero-order valence-corrected chi connectivity index (χ0v) is 13.2. The van der Waals surface area contributed by atoms with E-state index in [2.05, 4.69) is 26.0 Å². The van der Waals surface area contributed by atoms with Gasteiger partial charge < -0.3 is 4.74 Å². The molecule has 0 aliphatic carbocycles. The van der Waals surface area contributed by atoms with Crippen LogP contribution < -0.4 is 0 Å². The predicted molar refractivity (Wildman–Crippen MR) is 86.9 cm³/mol. The molecule has 0 bridgehead atoms. The summed E-state index contributed by atoms with van der Waals surface area (Å²) in [7, 11) is 0. The minimum Gasteiger partial charge on any atom is -0.454 e. The highest BCUT2D eigenvalue weighted by atomic mass is 16.6. The number of hydrogen-bond donors (Lipinski definition) is 0. The molecule has 2 heteroatoms. The average Bonchev–Trinajstić information content (AvgIpc) is 2.51. The second kappa shape index (κ2) is 8.02. The molecule has 0 amide bonds. The highest BCUT2D eigenvalue weighted by Gasteiger charge is 2.37. The maximum atomic E-state index is 12.0. The quantitative estimate of drug-likeness (QED) is 0.376. The first-order valence-corrected chi connectivity index (χ1v) is 8.27. The van der Waals surface area contributed by atoms with Gasteiger partial charge in [0.2, 0.25) is 0 Å². The number of carbonyl (C=O) groups excluding carboxylic acids is 1. The van der Waals surface area contributed by atoms with Gasteiger partial charge >= 0.3 is 5.97 Å². The first kappa shape index (κ1) is 15.8. The number of carbonyl (C=O) groups is 1. The lowest BCUT2D eigenvalue weighted by atomic mass is 9.87. The SMILES string of the molecule is CCCCCC1OC(=O)/C1=C(/CCCC)c1ccccc1. The van der Waals surface area contributed by atoms with E-state index in [1.807, 2.05) is 18.2 Å². The van der Waals surface area contributed by atoms with Crippen LogP contribution in [0.4, 0.5) is 0 Å². The third-order valence-corrected chi connectivity index (χ3v) is 4.09. The zero-order chi connectivity index (χ0) is 15.1. The van der Waals surface area contributed by atoms with Crippen molar-refractivity contribution >= 4 is 11.5 Å². The van der Waals surface area contributed by atoms with Crippen LogP contribution in [0.2, 0.25) is 0 Å². The Morgan fingerprint density at radius 2 is 1.76 bits per heavy atom. The molecule has 1 aromatic carbocycles. The summed E-state index contributed by atoms with van der Waals surface area (Å²) in [5.41, 5.74) is 3.32. The van der Waals surface area contributed by atoms with Crippen LogP contribution in [-0.4, -0.2) is 12.1 Å². The topological polar surface area (TPSA) is 26.3 Å². The monoisotopic (exact) mass is 286 g/mol. The van der Waals surface area contributed by atoms with Crippen LogP contribution in [0.25, 0.3) is 5.57 Å². The number of unbranched alkanes of at least 4 members (excludes halogenated alkanes) is 3. The Kier molecular flexibility index (Phi) is 6.04. The summed E-state index contributed by atoms with van der Waals surface area (Å²) in [5, 5.41) is 0. The molecule has 1 aliphatic heterocycles.